The minimum absolute atomic E-state index is 0.0123. The third-order valence-electron chi connectivity index (χ3n) is 5.80. The smallest absolute Gasteiger partial charge is 0.252 e. The van der Waals surface area contributed by atoms with Crippen molar-refractivity contribution in [3.63, 3.8) is 0 Å². The zero-order valence-corrected chi connectivity index (χ0v) is 19.1. The molecular formula is C21H26ClN3O3S2. The van der Waals surface area contributed by atoms with Crippen LogP contribution in [0.5, 0.6) is 0 Å². The molecule has 4 rings (SSSR count). The lowest BCUT2D eigenvalue weighted by atomic mass is 9.95. The fourth-order valence-corrected chi connectivity index (χ4v) is 7.27. The van der Waals surface area contributed by atoms with Gasteiger partial charge in [0.25, 0.3) is 10.0 Å². The average molecular weight is 468 g/mol. The number of sulfonamides is 1. The Hall–Kier alpha value is -1.45. The fraction of sp³-hybridized carbons (Fsp3) is 0.476. The molecule has 1 unspecified atom stereocenters. The Morgan fingerprint density at radius 3 is 2.43 bits per heavy atom. The van der Waals surface area contributed by atoms with Crippen LogP contribution >= 0.6 is 22.9 Å². The quantitative estimate of drug-likeness (QED) is 0.677. The number of hydrogen-bond donors (Lipinski definition) is 0. The maximum atomic E-state index is 13.1. The van der Waals surface area contributed by atoms with Crippen molar-refractivity contribution in [1.82, 2.24) is 14.1 Å². The van der Waals surface area contributed by atoms with Crippen LogP contribution in [0.3, 0.4) is 0 Å². The van der Waals surface area contributed by atoms with Gasteiger partial charge in [-0.15, -0.1) is 11.3 Å². The summed E-state index contributed by atoms with van der Waals surface area (Å²) in [4.78, 5) is 17.3. The highest BCUT2D eigenvalue weighted by Gasteiger charge is 2.34. The third-order valence-corrected chi connectivity index (χ3v) is 9.39. The van der Waals surface area contributed by atoms with Gasteiger partial charge in [0, 0.05) is 39.3 Å². The summed E-state index contributed by atoms with van der Waals surface area (Å²) in [5, 5.41) is 0. The maximum Gasteiger partial charge on any atom is 0.252 e. The van der Waals surface area contributed by atoms with Crippen LogP contribution in [0, 0.1) is 5.92 Å². The standard InChI is InChI=1S/C21H26ClN3O3S2/c22-19-8-9-20(29-19)30(27,28)25-13-11-24(12-14-25)21(26)18-7-4-10-23(16-18)15-17-5-2-1-3-6-17/h1-3,5-6,8-9,18H,4,7,10-16H2. The first-order valence-corrected chi connectivity index (χ1v) is 12.9. The highest BCUT2D eigenvalue weighted by molar-refractivity contribution is 7.91. The molecule has 3 heterocycles. The third kappa shape index (κ3) is 4.89. The average Bonchev–Trinajstić information content (AvgIpc) is 3.21. The Labute approximate surface area is 187 Å². The zero-order valence-electron chi connectivity index (χ0n) is 16.7. The van der Waals surface area contributed by atoms with Gasteiger partial charge >= 0.3 is 0 Å². The molecule has 2 fully saturated rings. The van der Waals surface area contributed by atoms with Crippen LogP contribution in [0.15, 0.2) is 46.7 Å². The van der Waals surface area contributed by atoms with Gasteiger partial charge in [0.05, 0.1) is 10.3 Å². The number of carbonyl (C=O) groups is 1. The van der Waals surface area contributed by atoms with E-state index < -0.39 is 10.0 Å². The molecule has 0 aliphatic carbocycles. The first-order valence-electron chi connectivity index (χ1n) is 10.2. The lowest BCUT2D eigenvalue weighted by Crippen LogP contribution is -2.53. The number of benzene rings is 1. The number of halogens is 1. The first kappa shape index (κ1) is 21.8. The van der Waals surface area contributed by atoms with Gasteiger partial charge in [-0.2, -0.15) is 4.31 Å². The predicted molar refractivity (Wildman–Crippen MR) is 119 cm³/mol. The van der Waals surface area contributed by atoms with E-state index in [2.05, 4.69) is 17.0 Å². The van der Waals surface area contributed by atoms with Gasteiger partial charge in [-0.1, -0.05) is 41.9 Å². The predicted octanol–water partition coefficient (Wildman–Crippen LogP) is 3.15. The van der Waals surface area contributed by atoms with Crippen molar-refractivity contribution in [3.8, 4) is 0 Å². The normalized spacial score (nSPS) is 21.6. The summed E-state index contributed by atoms with van der Waals surface area (Å²) in [5.41, 5.74) is 1.26. The number of piperidine rings is 1. The van der Waals surface area contributed by atoms with Crippen molar-refractivity contribution < 1.29 is 13.2 Å². The number of thiophene rings is 1. The van der Waals surface area contributed by atoms with E-state index in [1.54, 1.807) is 12.1 Å². The number of hydrogen-bond acceptors (Lipinski definition) is 5. The highest BCUT2D eigenvalue weighted by atomic mass is 35.5. The molecule has 1 aromatic heterocycles. The molecule has 0 radical (unpaired) electrons. The number of piperazine rings is 1. The summed E-state index contributed by atoms with van der Waals surface area (Å²) in [6, 6.07) is 13.5. The number of rotatable bonds is 5. The minimum Gasteiger partial charge on any atom is -0.340 e. The maximum absolute atomic E-state index is 13.1. The molecule has 2 aliphatic rings. The second kappa shape index (κ2) is 9.36. The van der Waals surface area contributed by atoms with Crippen LogP contribution in [0.4, 0.5) is 0 Å². The summed E-state index contributed by atoms with van der Waals surface area (Å²) >= 11 is 6.97. The second-order valence-electron chi connectivity index (χ2n) is 7.85. The van der Waals surface area contributed by atoms with Crippen molar-refractivity contribution in [2.75, 3.05) is 39.3 Å². The highest BCUT2D eigenvalue weighted by Crippen LogP contribution is 2.29. The van der Waals surface area contributed by atoms with Crippen molar-refractivity contribution in [2.24, 2.45) is 5.92 Å². The monoisotopic (exact) mass is 467 g/mol. The van der Waals surface area contributed by atoms with E-state index in [1.807, 2.05) is 23.1 Å². The molecule has 2 saturated heterocycles. The van der Waals surface area contributed by atoms with Gasteiger partial charge in [-0.25, -0.2) is 8.42 Å². The SMILES string of the molecule is O=C(C1CCCN(Cc2ccccc2)C1)N1CCN(S(=O)(=O)c2ccc(Cl)s2)CC1. The molecule has 1 atom stereocenters. The van der Waals surface area contributed by atoms with Crippen LogP contribution in [0.2, 0.25) is 4.34 Å². The molecule has 0 bridgehead atoms. The lowest BCUT2D eigenvalue weighted by Gasteiger charge is -2.38. The van der Waals surface area contributed by atoms with Gasteiger partial charge in [0.15, 0.2) is 0 Å². The van der Waals surface area contributed by atoms with Crippen molar-refractivity contribution >= 4 is 38.9 Å². The first-order chi connectivity index (χ1) is 14.4. The molecule has 162 valence electrons. The van der Waals surface area contributed by atoms with E-state index >= 15 is 0 Å². The van der Waals surface area contributed by atoms with Crippen LogP contribution in [0.25, 0.3) is 0 Å². The van der Waals surface area contributed by atoms with Gasteiger partial charge in [0.2, 0.25) is 5.91 Å². The summed E-state index contributed by atoms with van der Waals surface area (Å²) < 4.78 is 27.7. The molecule has 6 nitrogen and oxygen atoms in total. The molecule has 0 N–H and O–H groups in total. The van der Waals surface area contributed by atoms with E-state index in [1.165, 1.54) is 9.87 Å². The molecule has 30 heavy (non-hydrogen) atoms. The van der Waals surface area contributed by atoms with Crippen LogP contribution in [-0.4, -0.2) is 67.7 Å². The Balaban J connectivity index is 1.32. The Bertz CT molecular complexity index is 972. The molecule has 1 amide bonds. The van der Waals surface area contributed by atoms with E-state index in [0.29, 0.717) is 30.5 Å². The van der Waals surface area contributed by atoms with E-state index in [-0.39, 0.29) is 16.0 Å². The number of carbonyl (C=O) groups excluding carboxylic acids is 1. The molecule has 2 aliphatic heterocycles. The van der Waals surface area contributed by atoms with Gasteiger partial charge in [0.1, 0.15) is 4.21 Å². The Kier molecular flexibility index (Phi) is 6.79. The zero-order chi connectivity index (χ0) is 21.1. The summed E-state index contributed by atoms with van der Waals surface area (Å²) in [5.74, 6) is 0.144. The lowest BCUT2D eigenvalue weighted by molar-refractivity contribution is -0.138. The van der Waals surface area contributed by atoms with Crippen molar-refractivity contribution in [2.45, 2.75) is 23.6 Å². The summed E-state index contributed by atoms with van der Waals surface area (Å²) in [7, 11) is -3.54. The van der Waals surface area contributed by atoms with Crippen molar-refractivity contribution in [1.29, 1.82) is 0 Å². The van der Waals surface area contributed by atoms with Crippen LogP contribution in [0.1, 0.15) is 18.4 Å². The summed E-state index contributed by atoms with van der Waals surface area (Å²) in [6.45, 7) is 4.15. The molecule has 0 saturated carbocycles. The molecule has 1 aromatic carbocycles. The topological polar surface area (TPSA) is 60.9 Å². The van der Waals surface area contributed by atoms with E-state index in [9.17, 15) is 13.2 Å². The van der Waals surface area contributed by atoms with Gasteiger partial charge < -0.3 is 4.90 Å². The van der Waals surface area contributed by atoms with Crippen LogP contribution in [-0.2, 0) is 21.4 Å². The van der Waals surface area contributed by atoms with Crippen molar-refractivity contribution in [3.05, 3.63) is 52.4 Å². The molecule has 0 spiro atoms. The largest absolute Gasteiger partial charge is 0.340 e. The van der Waals surface area contributed by atoms with Crippen LogP contribution < -0.4 is 0 Å². The van der Waals surface area contributed by atoms with Gasteiger partial charge in [-0.05, 0) is 37.1 Å². The Morgan fingerprint density at radius 2 is 1.77 bits per heavy atom. The fourth-order valence-electron chi connectivity index (χ4n) is 4.21. The number of likely N-dealkylation sites (tertiary alicyclic amines) is 1. The summed E-state index contributed by atoms with van der Waals surface area (Å²) in [6.07, 6.45) is 1.91. The number of amides is 1. The van der Waals surface area contributed by atoms with E-state index in [0.717, 1.165) is 43.8 Å². The number of nitrogens with zero attached hydrogens (tertiary/aromatic N) is 3. The molecule has 9 heteroatoms. The minimum atomic E-state index is -3.54. The molecular weight excluding hydrogens is 442 g/mol. The molecule has 2 aromatic rings. The van der Waals surface area contributed by atoms with E-state index in [4.69, 9.17) is 11.6 Å². The second-order valence-corrected chi connectivity index (χ2v) is 11.7. The van der Waals surface area contributed by atoms with Gasteiger partial charge in [-0.3, -0.25) is 9.69 Å². The Morgan fingerprint density at radius 1 is 1.03 bits per heavy atom.